The van der Waals surface area contributed by atoms with E-state index in [2.05, 4.69) is 15.2 Å². The Hall–Kier alpha value is -2.30. The predicted octanol–water partition coefficient (Wildman–Crippen LogP) is 3.95. The van der Waals surface area contributed by atoms with E-state index in [1.807, 2.05) is 0 Å². The third-order valence-electron chi connectivity index (χ3n) is 3.69. The number of rotatable bonds is 6. The van der Waals surface area contributed by atoms with Crippen molar-refractivity contribution < 1.29 is 13.3 Å². The van der Waals surface area contributed by atoms with Crippen LogP contribution in [0.15, 0.2) is 52.5 Å². The summed E-state index contributed by atoms with van der Waals surface area (Å²) in [6.07, 6.45) is 0.821. The van der Waals surface area contributed by atoms with Crippen molar-refractivity contribution in [1.29, 1.82) is 0 Å². The Morgan fingerprint density at radius 1 is 1.22 bits per heavy atom. The van der Waals surface area contributed by atoms with Crippen LogP contribution in [0, 0.1) is 10.1 Å². The Kier molecular flexibility index (Phi) is 5.88. The van der Waals surface area contributed by atoms with Crippen LogP contribution >= 0.6 is 23.4 Å². The van der Waals surface area contributed by atoms with E-state index >= 15 is 0 Å². The summed E-state index contributed by atoms with van der Waals surface area (Å²) in [6, 6.07) is 9.79. The van der Waals surface area contributed by atoms with Gasteiger partial charge in [0.2, 0.25) is 0 Å². The van der Waals surface area contributed by atoms with Crippen molar-refractivity contribution >= 4 is 56.2 Å². The molecule has 0 aromatic heterocycles. The molecule has 0 radical (unpaired) electrons. The van der Waals surface area contributed by atoms with Gasteiger partial charge in [0.05, 0.1) is 15.5 Å². The molecule has 1 aliphatic heterocycles. The highest BCUT2D eigenvalue weighted by Gasteiger charge is 2.22. The molecule has 0 aliphatic carbocycles. The molecule has 0 spiro atoms. The number of hydrogen-bond acceptors (Lipinski definition) is 7. The summed E-state index contributed by atoms with van der Waals surface area (Å²) < 4.78 is 27.4. The molecule has 11 heteroatoms. The highest BCUT2D eigenvalue weighted by Crippen LogP contribution is 2.29. The summed E-state index contributed by atoms with van der Waals surface area (Å²) in [5.41, 5.74) is 3.60. The Morgan fingerprint density at radius 3 is 2.70 bits per heavy atom. The van der Waals surface area contributed by atoms with Crippen LogP contribution in [0.3, 0.4) is 0 Å². The molecule has 142 valence electrons. The SMILES string of the molecule is O=[N+]([O-])c1cc(S(=O)(=O)Nc2cccc(Cl)c2)ccc1N/N=C1\CCSC1. The zero-order valence-corrected chi connectivity index (χ0v) is 16.3. The maximum absolute atomic E-state index is 12.5. The van der Waals surface area contributed by atoms with Gasteiger partial charge >= 0.3 is 0 Å². The molecule has 1 saturated heterocycles. The van der Waals surface area contributed by atoms with Crippen LogP contribution in [-0.2, 0) is 10.0 Å². The van der Waals surface area contributed by atoms with E-state index in [9.17, 15) is 18.5 Å². The number of hydrogen-bond donors (Lipinski definition) is 2. The Balaban J connectivity index is 1.88. The minimum absolute atomic E-state index is 0.131. The molecule has 1 fully saturated rings. The first kappa shape index (κ1) is 19.5. The molecular weight excluding hydrogens is 412 g/mol. The first-order chi connectivity index (χ1) is 12.8. The average Bonchev–Trinajstić information content (AvgIpc) is 3.13. The van der Waals surface area contributed by atoms with E-state index in [4.69, 9.17) is 11.6 Å². The molecule has 2 aromatic carbocycles. The summed E-state index contributed by atoms with van der Waals surface area (Å²) in [4.78, 5) is 10.5. The van der Waals surface area contributed by atoms with Gasteiger partial charge in [-0.05, 0) is 42.5 Å². The van der Waals surface area contributed by atoms with Crippen molar-refractivity contribution in [3.05, 3.63) is 57.6 Å². The van der Waals surface area contributed by atoms with Crippen LogP contribution in [-0.4, -0.2) is 30.6 Å². The fourth-order valence-electron chi connectivity index (χ4n) is 2.37. The van der Waals surface area contributed by atoms with Crippen LogP contribution in [0.1, 0.15) is 6.42 Å². The average molecular weight is 427 g/mol. The number of nitrogens with one attached hydrogen (secondary N) is 2. The summed E-state index contributed by atoms with van der Waals surface area (Å²) in [7, 11) is -4.01. The number of nitrogens with zero attached hydrogens (tertiary/aromatic N) is 2. The Bertz CT molecular complexity index is 1000. The fourth-order valence-corrected chi connectivity index (χ4v) is 4.60. The van der Waals surface area contributed by atoms with Crippen LogP contribution < -0.4 is 10.1 Å². The number of anilines is 2. The summed E-state index contributed by atoms with van der Waals surface area (Å²) >= 11 is 7.58. The molecule has 2 N–H and O–H groups in total. The molecule has 1 aliphatic rings. The van der Waals surface area contributed by atoms with E-state index < -0.39 is 14.9 Å². The van der Waals surface area contributed by atoms with Gasteiger partial charge in [-0.2, -0.15) is 16.9 Å². The first-order valence-electron chi connectivity index (χ1n) is 7.81. The van der Waals surface area contributed by atoms with Gasteiger partial charge in [0.15, 0.2) is 0 Å². The van der Waals surface area contributed by atoms with Gasteiger partial charge in [0.25, 0.3) is 15.7 Å². The number of nitro groups is 1. The van der Waals surface area contributed by atoms with Crippen molar-refractivity contribution in [2.45, 2.75) is 11.3 Å². The standard InChI is InChI=1S/C16H15ClN4O4S2/c17-11-2-1-3-12(8-11)20-27(24,25)14-4-5-15(16(9-14)21(22)23)19-18-13-6-7-26-10-13/h1-5,8-9,19-20H,6-7,10H2/b18-13+. The normalized spacial score (nSPS) is 15.7. The maximum atomic E-state index is 12.5. The lowest BCUT2D eigenvalue weighted by Crippen LogP contribution is -2.13. The van der Waals surface area contributed by atoms with Gasteiger partial charge in [-0.3, -0.25) is 20.3 Å². The topological polar surface area (TPSA) is 114 Å². The van der Waals surface area contributed by atoms with Crippen molar-refractivity contribution in [2.75, 3.05) is 21.7 Å². The van der Waals surface area contributed by atoms with E-state index in [1.165, 1.54) is 24.3 Å². The molecule has 0 amide bonds. The van der Waals surface area contributed by atoms with Crippen LogP contribution in [0.5, 0.6) is 0 Å². The van der Waals surface area contributed by atoms with Crippen molar-refractivity contribution in [1.82, 2.24) is 0 Å². The van der Waals surface area contributed by atoms with Gasteiger partial charge in [0.1, 0.15) is 5.69 Å². The lowest BCUT2D eigenvalue weighted by Gasteiger charge is -2.10. The second-order valence-corrected chi connectivity index (χ2v) is 8.87. The number of hydrazone groups is 1. The van der Waals surface area contributed by atoms with Gasteiger partial charge in [-0.25, -0.2) is 8.42 Å². The lowest BCUT2D eigenvalue weighted by molar-refractivity contribution is -0.384. The highest BCUT2D eigenvalue weighted by molar-refractivity contribution is 8.00. The van der Waals surface area contributed by atoms with Crippen LogP contribution in [0.2, 0.25) is 5.02 Å². The van der Waals surface area contributed by atoms with E-state index in [0.29, 0.717) is 5.02 Å². The minimum Gasteiger partial charge on any atom is -0.280 e. The van der Waals surface area contributed by atoms with Crippen molar-refractivity contribution in [2.24, 2.45) is 5.10 Å². The maximum Gasteiger partial charge on any atom is 0.295 e. The van der Waals surface area contributed by atoms with E-state index in [0.717, 1.165) is 29.7 Å². The molecule has 0 unspecified atom stereocenters. The first-order valence-corrected chi connectivity index (χ1v) is 10.8. The monoisotopic (exact) mass is 426 g/mol. The zero-order chi connectivity index (χ0) is 19.4. The molecule has 0 bridgehead atoms. The minimum atomic E-state index is -4.01. The van der Waals surface area contributed by atoms with Crippen molar-refractivity contribution in [3.63, 3.8) is 0 Å². The largest absolute Gasteiger partial charge is 0.295 e. The number of sulfonamides is 1. The van der Waals surface area contributed by atoms with Gasteiger partial charge in [-0.1, -0.05) is 17.7 Å². The molecule has 8 nitrogen and oxygen atoms in total. The third kappa shape index (κ3) is 4.90. The number of benzene rings is 2. The van der Waals surface area contributed by atoms with Crippen molar-refractivity contribution in [3.8, 4) is 0 Å². The molecular formula is C16H15ClN4O4S2. The summed E-state index contributed by atoms with van der Waals surface area (Å²) in [6.45, 7) is 0. The smallest absolute Gasteiger partial charge is 0.280 e. The molecule has 3 rings (SSSR count). The summed E-state index contributed by atoms with van der Waals surface area (Å²) in [5.74, 6) is 1.74. The van der Waals surface area contributed by atoms with Gasteiger partial charge < -0.3 is 0 Å². The van der Waals surface area contributed by atoms with Crippen LogP contribution in [0.4, 0.5) is 17.1 Å². The number of halogens is 1. The second-order valence-electron chi connectivity index (χ2n) is 5.64. The van der Waals surface area contributed by atoms with E-state index in [-0.39, 0.29) is 22.0 Å². The predicted molar refractivity (Wildman–Crippen MR) is 108 cm³/mol. The van der Waals surface area contributed by atoms with Gasteiger partial charge in [0, 0.05) is 22.6 Å². The lowest BCUT2D eigenvalue weighted by atomic mass is 10.3. The molecule has 1 heterocycles. The van der Waals surface area contributed by atoms with Gasteiger partial charge in [-0.15, -0.1) is 0 Å². The molecule has 0 saturated carbocycles. The summed E-state index contributed by atoms with van der Waals surface area (Å²) in [5, 5.41) is 15.9. The molecule has 0 atom stereocenters. The molecule has 27 heavy (non-hydrogen) atoms. The Labute approximate surface area is 165 Å². The third-order valence-corrected chi connectivity index (χ3v) is 6.34. The van der Waals surface area contributed by atoms with E-state index in [1.54, 1.807) is 23.9 Å². The van der Waals surface area contributed by atoms with Crippen LogP contribution in [0.25, 0.3) is 0 Å². The number of nitro benzene ring substituents is 1. The zero-order valence-electron chi connectivity index (χ0n) is 13.9. The Morgan fingerprint density at radius 2 is 2.04 bits per heavy atom. The fraction of sp³-hybridized carbons (Fsp3) is 0.188. The molecule has 2 aromatic rings. The second kappa shape index (κ2) is 8.15. The quantitative estimate of drug-likeness (QED) is 0.534. The highest BCUT2D eigenvalue weighted by atomic mass is 35.5. The number of thioether (sulfide) groups is 1.